The molecule has 68 valence electrons. The zero-order valence-electron chi connectivity index (χ0n) is 7.36. The normalized spacial score (nSPS) is 13.9. The van der Waals surface area contributed by atoms with Crippen LogP contribution in [0.3, 0.4) is 0 Å². The molecule has 0 unspecified atom stereocenters. The van der Waals surface area contributed by atoms with E-state index in [4.69, 9.17) is 5.11 Å². The summed E-state index contributed by atoms with van der Waals surface area (Å²) in [4.78, 5) is 10.5. The third-order valence-electron chi connectivity index (χ3n) is 1.16. The predicted octanol–water partition coefficient (Wildman–Crippen LogP) is 1.04. The van der Waals surface area contributed by atoms with Crippen molar-refractivity contribution in [3.63, 3.8) is 0 Å². The van der Waals surface area contributed by atoms with Crippen LogP contribution in [0.5, 0.6) is 0 Å². The van der Waals surface area contributed by atoms with Crippen molar-refractivity contribution in [3.8, 4) is 0 Å². The molecule has 3 nitrogen and oxygen atoms in total. The van der Waals surface area contributed by atoms with E-state index >= 15 is 0 Å². The average Bonchev–Trinajstić information content (AvgIpc) is 2.03. The number of hydrogen-bond acceptors (Lipinski definition) is 3. The lowest BCUT2D eigenvalue weighted by atomic mass is 10.2. The second-order valence-electron chi connectivity index (χ2n) is 2.40. The molecule has 0 aromatic heterocycles. The number of ether oxygens (including phenoxy) is 1. The molecule has 0 aromatic rings. The minimum Gasteiger partial charge on any atom is -0.466 e. The molecule has 3 heteroatoms. The van der Waals surface area contributed by atoms with Crippen molar-refractivity contribution in [2.75, 3.05) is 7.11 Å². The van der Waals surface area contributed by atoms with E-state index in [9.17, 15) is 4.79 Å². The van der Waals surface area contributed by atoms with Crippen LogP contribution < -0.4 is 0 Å². The van der Waals surface area contributed by atoms with Gasteiger partial charge in [-0.15, -0.1) is 0 Å². The maximum Gasteiger partial charge on any atom is 0.330 e. The van der Waals surface area contributed by atoms with E-state index in [-0.39, 0.29) is 12.1 Å². The van der Waals surface area contributed by atoms with Gasteiger partial charge in [-0.05, 0) is 13.3 Å². The van der Waals surface area contributed by atoms with Crippen molar-refractivity contribution in [3.05, 3.63) is 24.3 Å². The molecule has 1 N–H and O–H groups in total. The summed E-state index contributed by atoms with van der Waals surface area (Å²) in [7, 11) is 1.33. The van der Waals surface area contributed by atoms with Gasteiger partial charge in [0, 0.05) is 6.08 Å². The molecule has 0 saturated carbocycles. The van der Waals surface area contributed by atoms with Crippen LogP contribution in [0.1, 0.15) is 13.3 Å². The molecule has 0 heterocycles. The van der Waals surface area contributed by atoms with Crippen molar-refractivity contribution in [2.45, 2.75) is 19.4 Å². The fourth-order valence-corrected chi connectivity index (χ4v) is 0.556. The summed E-state index contributed by atoms with van der Waals surface area (Å²) in [5.41, 5.74) is 0. The van der Waals surface area contributed by atoms with Gasteiger partial charge in [0.25, 0.3) is 0 Å². The first-order chi connectivity index (χ1) is 5.66. The molecule has 0 aliphatic rings. The monoisotopic (exact) mass is 170 g/mol. The molecule has 12 heavy (non-hydrogen) atoms. The molecular formula is C9H14O3. The third-order valence-corrected chi connectivity index (χ3v) is 1.16. The lowest BCUT2D eigenvalue weighted by Gasteiger charge is -1.94. The Labute approximate surface area is 72.3 Å². The topological polar surface area (TPSA) is 46.5 Å². The highest BCUT2D eigenvalue weighted by molar-refractivity contribution is 5.82. The van der Waals surface area contributed by atoms with Crippen LogP contribution in [0.25, 0.3) is 0 Å². The first-order valence-electron chi connectivity index (χ1n) is 3.76. The number of methoxy groups -OCH3 is 1. The van der Waals surface area contributed by atoms with E-state index in [1.165, 1.54) is 13.2 Å². The van der Waals surface area contributed by atoms with Gasteiger partial charge in [-0.25, -0.2) is 4.79 Å². The van der Waals surface area contributed by atoms with Gasteiger partial charge in [0.05, 0.1) is 13.2 Å². The van der Waals surface area contributed by atoms with Crippen LogP contribution in [0.2, 0.25) is 0 Å². The number of rotatable bonds is 4. The highest BCUT2D eigenvalue weighted by Crippen LogP contribution is 1.91. The highest BCUT2D eigenvalue weighted by atomic mass is 16.5. The SMILES string of the molecule is COC(=O)/C=C/C=C/C[C@@H](C)O. The minimum atomic E-state index is -0.378. The largest absolute Gasteiger partial charge is 0.466 e. The number of carbonyl (C=O) groups is 1. The second-order valence-corrected chi connectivity index (χ2v) is 2.40. The van der Waals surface area contributed by atoms with Crippen molar-refractivity contribution in [2.24, 2.45) is 0 Å². The van der Waals surface area contributed by atoms with Crippen molar-refractivity contribution >= 4 is 5.97 Å². The van der Waals surface area contributed by atoms with E-state index in [1.54, 1.807) is 25.2 Å². The maximum atomic E-state index is 10.5. The first kappa shape index (κ1) is 10.9. The minimum absolute atomic E-state index is 0.340. The molecule has 0 amide bonds. The van der Waals surface area contributed by atoms with E-state index in [2.05, 4.69) is 4.74 Å². The lowest BCUT2D eigenvalue weighted by molar-refractivity contribution is -0.134. The molecular weight excluding hydrogens is 156 g/mol. The Morgan fingerprint density at radius 2 is 2.25 bits per heavy atom. The zero-order valence-corrected chi connectivity index (χ0v) is 7.36. The van der Waals surface area contributed by atoms with E-state index in [1.807, 2.05) is 0 Å². The van der Waals surface area contributed by atoms with Crippen LogP contribution >= 0.6 is 0 Å². The Bertz CT molecular complexity index is 180. The van der Waals surface area contributed by atoms with Gasteiger partial charge in [0.2, 0.25) is 0 Å². The van der Waals surface area contributed by atoms with Crippen LogP contribution in [0, 0.1) is 0 Å². The van der Waals surface area contributed by atoms with E-state index in [0.717, 1.165) is 0 Å². The van der Waals surface area contributed by atoms with Crippen molar-refractivity contribution in [1.82, 2.24) is 0 Å². The summed E-state index contributed by atoms with van der Waals surface area (Å²) >= 11 is 0. The summed E-state index contributed by atoms with van der Waals surface area (Å²) in [6.07, 6.45) is 6.62. The van der Waals surface area contributed by atoms with Crippen LogP contribution in [-0.4, -0.2) is 24.3 Å². The number of esters is 1. The first-order valence-corrected chi connectivity index (χ1v) is 3.76. The molecule has 0 aliphatic carbocycles. The maximum absolute atomic E-state index is 10.5. The smallest absolute Gasteiger partial charge is 0.330 e. The molecule has 0 aliphatic heterocycles. The number of aliphatic hydroxyl groups is 1. The lowest BCUT2D eigenvalue weighted by Crippen LogP contribution is -1.95. The molecule has 0 radical (unpaired) electrons. The van der Waals surface area contributed by atoms with Crippen LogP contribution in [0.4, 0.5) is 0 Å². The Hall–Kier alpha value is -1.09. The Morgan fingerprint density at radius 3 is 2.75 bits per heavy atom. The summed E-state index contributed by atoms with van der Waals surface area (Å²) < 4.78 is 4.37. The number of aliphatic hydroxyl groups excluding tert-OH is 1. The fourth-order valence-electron chi connectivity index (χ4n) is 0.556. The number of hydrogen-bond donors (Lipinski definition) is 1. The summed E-state index contributed by atoms with van der Waals surface area (Å²) in [5, 5.41) is 8.84. The Balaban J connectivity index is 3.59. The summed E-state index contributed by atoms with van der Waals surface area (Å²) in [6, 6.07) is 0. The van der Waals surface area contributed by atoms with E-state index in [0.29, 0.717) is 6.42 Å². The Kier molecular flexibility index (Phi) is 6.01. The second kappa shape index (κ2) is 6.61. The molecule has 0 spiro atoms. The fraction of sp³-hybridized carbons (Fsp3) is 0.444. The van der Waals surface area contributed by atoms with Gasteiger partial charge < -0.3 is 9.84 Å². The highest BCUT2D eigenvalue weighted by Gasteiger charge is 1.88. The third kappa shape index (κ3) is 7.02. The molecule has 0 fully saturated rings. The van der Waals surface area contributed by atoms with Gasteiger partial charge in [-0.3, -0.25) is 0 Å². The van der Waals surface area contributed by atoms with Gasteiger partial charge in [0.15, 0.2) is 0 Å². The van der Waals surface area contributed by atoms with Crippen molar-refractivity contribution in [1.29, 1.82) is 0 Å². The number of allylic oxidation sites excluding steroid dienone is 2. The molecule has 0 saturated heterocycles. The number of carbonyl (C=O) groups excluding carboxylic acids is 1. The van der Waals surface area contributed by atoms with Gasteiger partial charge >= 0.3 is 5.97 Å². The summed E-state index contributed by atoms with van der Waals surface area (Å²) in [6.45, 7) is 1.70. The molecule has 0 bridgehead atoms. The summed E-state index contributed by atoms with van der Waals surface area (Å²) in [5.74, 6) is -0.378. The van der Waals surface area contributed by atoms with Gasteiger partial charge in [-0.1, -0.05) is 18.2 Å². The van der Waals surface area contributed by atoms with Crippen LogP contribution in [0.15, 0.2) is 24.3 Å². The molecule has 0 aromatic carbocycles. The molecule has 0 rings (SSSR count). The van der Waals surface area contributed by atoms with Gasteiger partial charge in [-0.2, -0.15) is 0 Å². The van der Waals surface area contributed by atoms with Crippen LogP contribution in [-0.2, 0) is 9.53 Å². The standard InChI is InChI=1S/C9H14O3/c1-8(10)6-4-3-5-7-9(11)12-2/h3-5,7-8,10H,6H2,1-2H3/b4-3+,7-5+/t8-/m1/s1. The van der Waals surface area contributed by atoms with E-state index < -0.39 is 0 Å². The van der Waals surface area contributed by atoms with Crippen molar-refractivity contribution < 1.29 is 14.6 Å². The quantitative estimate of drug-likeness (QED) is 0.389. The van der Waals surface area contributed by atoms with Gasteiger partial charge in [0.1, 0.15) is 0 Å². The zero-order chi connectivity index (χ0) is 9.40. The Morgan fingerprint density at radius 1 is 1.58 bits per heavy atom. The molecule has 1 atom stereocenters. The average molecular weight is 170 g/mol. The predicted molar refractivity (Wildman–Crippen MR) is 46.6 cm³/mol.